The van der Waals surface area contributed by atoms with Gasteiger partial charge in [-0.05, 0) is 25.4 Å². The molecule has 0 bridgehead atoms. The van der Waals surface area contributed by atoms with Crippen LogP contribution in [0.1, 0.15) is 12.8 Å². The van der Waals surface area contributed by atoms with Crippen LogP contribution in [0.3, 0.4) is 0 Å². The average Bonchev–Trinajstić information content (AvgIpc) is 2.15. The first kappa shape index (κ1) is 6.55. The lowest BCUT2D eigenvalue weighted by Gasteiger charge is -2.03. The zero-order chi connectivity index (χ0) is 6.69. The summed E-state index contributed by atoms with van der Waals surface area (Å²) >= 11 is 0. The van der Waals surface area contributed by atoms with E-state index in [0.29, 0.717) is 11.8 Å². The van der Waals surface area contributed by atoms with Gasteiger partial charge in [0.25, 0.3) is 0 Å². The molecule has 52 valence electrons. The van der Waals surface area contributed by atoms with E-state index in [1.165, 1.54) is 6.42 Å². The van der Waals surface area contributed by atoms with Crippen molar-refractivity contribution in [1.29, 1.82) is 5.41 Å². The largest absolute Gasteiger partial charge is 0.388 e. The Morgan fingerprint density at radius 1 is 1.78 bits per heavy atom. The zero-order valence-corrected chi connectivity index (χ0v) is 5.48. The Hall–Kier alpha value is -0.570. The van der Waals surface area contributed by atoms with Crippen LogP contribution in [0.15, 0.2) is 0 Å². The van der Waals surface area contributed by atoms with Gasteiger partial charge in [0, 0.05) is 6.42 Å². The Balaban J connectivity index is 2.19. The summed E-state index contributed by atoms with van der Waals surface area (Å²) in [6.07, 6.45) is 1.95. The van der Waals surface area contributed by atoms with Gasteiger partial charge in [-0.25, -0.2) is 0 Å². The molecule has 1 fully saturated rings. The maximum atomic E-state index is 7.01. The van der Waals surface area contributed by atoms with Crippen molar-refractivity contribution in [3.05, 3.63) is 0 Å². The third kappa shape index (κ3) is 2.01. The fourth-order valence-corrected chi connectivity index (χ4v) is 1.20. The highest BCUT2D eigenvalue weighted by Crippen LogP contribution is 2.10. The second kappa shape index (κ2) is 2.82. The quantitative estimate of drug-likeness (QED) is 0.359. The number of hydrogen-bond acceptors (Lipinski definition) is 2. The van der Waals surface area contributed by atoms with E-state index >= 15 is 0 Å². The fraction of sp³-hybridized carbons (Fsp3) is 0.833. The van der Waals surface area contributed by atoms with Crippen LogP contribution in [0.2, 0.25) is 0 Å². The Morgan fingerprint density at radius 3 is 3.00 bits per heavy atom. The van der Waals surface area contributed by atoms with Crippen LogP contribution in [0.25, 0.3) is 0 Å². The minimum Gasteiger partial charge on any atom is -0.388 e. The molecule has 9 heavy (non-hydrogen) atoms. The molecule has 0 saturated carbocycles. The van der Waals surface area contributed by atoms with E-state index in [1.54, 1.807) is 0 Å². The van der Waals surface area contributed by atoms with Gasteiger partial charge in [0.1, 0.15) is 0 Å². The van der Waals surface area contributed by atoms with E-state index in [9.17, 15) is 0 Å². The van der Waals surface area contributed by atoms with Crippen LogP contribution in [-0.4, -0.2) is 18.9 Å². The van der Waals surface area contributed by atoms with E-state index in [4.69, 9.17) is 11.1 Å². The first-order valence-electron chi connectivity index (χ1n) is 3.32. The molecule has 1 rings (SSSR count). The number of amidine groups is 1. The molecule has 0 spiro atoms. The monoisotopic (exact) mass is 127 g/mol. The molecule has 1 aliphatic rings. The van der Waals surface area contributed by atoms with Crippen LogP contribution >= 0.6 is 0 Å². The molecule has 3 heteroatoms. The molecule has 3 nitrogen and oxygen atoms in total. The van der Waals surface area contributed by atoms with Crippen LogP contribution in [0, 0.1) is 11.3 Å². The lowest BCUT2D eigenvalue weighted by atomic mass is 10.1. The lowest BCUT2D eigenvalue weighted by molar-refractivity contribution is 0.606. The molecule has 0 aromatic heterocycles. The van der Waals surface area contributed by atoms with Crippen LogP contribution in [0.5, 0.6) is 0 Å². The molecule has 0 aromatic carbocycles. The van der Waals surface area contributed by atoms with Crippen molar-refractivity contribution < 1.29 is 0 Å². The maximum Gasteiger partial charge on any atom is 0.0908 e. The standard InChI is InChI=1S/C6H13N3/c7-6(8)3-5-1-2-9-4-5/h5,9H,1-4H2,(H3,7,8). The van der Waals surface area contributed by atoms with E-state index in [2.05, 4.69) is 5.32 Å². The van der Waals surface area contributed by atoms with Crippen molar-refractivity contribution in [3.63, 3.8) is 0 Å². The van der Waals surface area contributed by atoms with Gasteiger partial charge in [-0.2, -0.15) is 0 Å². The molecule has 1 heterocycles. The second-order valence-corrected chi connectivity index (χ2v) is 2.59. The highest BCUT2D eigenvalue weighted by atomic mass is 14.9. The Bertz CT molecular complexity index is 105. The highest BCUT2D eigenvalue weighted by molar-refractivity contribution is 5.77. The summed E-state index contributed by atoms with van der Waals surface area (Å²) in [6, 6.07) is 0. The molecule has 4 N–H and O–H groups in total. The molecule has 1 saturated heterocycles. The lowest BCUT2D eigenvalue weighted by Crippen LogP contribution is -2.17. The van der Waals surface area contributed by atoms with Crippen molar-refractivity contribution in [1.82, 2.24) is 5.32 Å². The number of hydrogen-bond donors (Lipinski definition) is 3. The van der Waals surface area contributed by atoms with Gasteiger partial charge < -0.3 is 11.1 Å². The Morgan fingerprint density at radius 2 is 2.56 bits per heavy atom. The normalized spacial score (nSPS) is 26.4. The molecule has 1 atom stereocenters. The van der Waals surface area contributed by atoms with Gasteiger partial charge in [0.15, 0.2) is 0 Å². The van der Waals surface area contributed by atoms with Gasteiger partial charge in [-0.3, -0.25) is 5.41 Å². The third-order valence-electron chi connectivity index (χ3n) is 1.67. The summed E-state index contributed by atoms with van der Waals surface area (Å²) in [5.41, 5.74) is 5.23. The van der Waals surface area contributed by atoms with E-state index < -0.39 is 0 Å². The van der Waals surface area contributed by atoms with Crippen molar-refractivity contribution in [2.24, 2.45) is 11.7 Å². The summed E-state index contributed by atoms with van der Waals surface area (Å²) in [7, 11) is 0. The predicted molar refractivity (Wildman–Crippen MR) is 37.5 cm³/mol. The summed E-state index contributed by atoms with van der Waals surface area (Å²) in [5.74, 6) is 0.950. The van der Waals surface area contributed by atoms with E-state index in [0.717, 1.165) is 19.5 Å². The summed E-state index contributed by atoms with van der Waals surface area (Å²) in [5, 5.41) is 10.2. The average molecular weight is 127 g/mol. The number of nitrogens with two attached hydrogens (primary N) is 1. The maximum absolute atomic E-state index is 7.01. The molecular formula is C6H13N3. The van der Waals surface area contributed by atoms with Crippen LogP contribution < -0.4 is 11.1 Å². The molecular weight excluding hydrogens is 114 g/mol. The molecule has 1 aliphatic heterocycles. The Labute approximate surface area is 55.1 Å². The van der Waals surface area contributed by atoms with Gasteiger partial charge in [0.05, 0.1) is 5.84 Å². The van der Waals surface area contributed by atoms with Crippen molar-refractivity contribution >= 4 is 5.84 Å². The Kier molecular flexibility index (Phi) is 2.05. The number of rotatable bonds is 2. The van der Waals surface area contributed by atoms with Crippen LogP contribution in [-0.2, 0) is 0 Å². The SMILES string of the molecule is N=C(N)CC1CCNC1. The van der Waals surface area contributed by atoms with Crippen molar-refractivity contribution in [3.8, 4) is 0 Å². The smallest absolute Gasteiger partial charge is 0.0908 e. The molecule has 0 aliphatic carbocycles. The van der Waals surface area contributed by atoms with Gasteiger partial charge in [-0.1, -0.05) is 0 Å². The van der Waals surface area contributed by atoms with Crippen molar-refractivity contribution in [2.75, 3.05) is 13.1 Å². The summed E-state index contributed by atoms with van der Waals surface area (Å²) in [6.45, 7) is 2.14. The molecule has 0 amide bonds. The van der Waals surface area contributed by atoms with Crippen molar-refractivity contribution in [2.45, 2.75) is 12.8 Å². The van der Waals surface area contributed by atoms with Gasteiger partial charge >= 0.3 is 0 Å². The third-order valence-corrected chi connectivity index (χ3v) is 1.67. The first-order chi connectivity index (χ1) is 4.29. The van der Waals surface area contributed by atoms with Crippen LogP contribution in [0.4, 0.5) is 0 Å². The summed E-state index contributed by atoms with van der Waals surface area (Å²) < 4.78 is 0. The van der Waals surface area contributed by atoms with E-state index in [1.807, 2.05) is 0 Å². The molecule has 0 radical (unpaired) electrons. The number of nitrogens with one attached hydrogen (secondary N) is 2. The second-order valence-electron chi connectivity index (χ2n) is 2.59. The predicted octanol–water partition coefficient (Wildman–Crippen LogP) is -0.0780. The fourth-order valence-electron chi connectivity index (χ4n) is 1.20. The van der Waals surface area contributed by atoms with E-state index in [-0.39, 0.29) is 0 Å². The minimum absolute atomic E-state index is 0.323. The first-order valence-corrected chi connectivity index (χ1v) is 3.32. The minimum atomic E-state index is 0.323. The van der Waals surface area contributed by atoms with Gasteiger partial charge in [0.2, 0.25) is 0 Å². The molecule has 1 unspecified atom stereocenters. The summed E-state index contributed by atoms with van der Waals surface area (Å²) in [4.78, 5) is 0. The zero-order valence-electron chi connectivity index (χ0n) is 5.48. The highest BCUT2D eigenvalue weighted by Gasteiger charge is 2.14. The van der Waals surface area contributed by atoms with Gasteiger partial charge in [-0.15, -0.1) is 0 Å². The molecule has 0 aromatic rings. The topological polar surface area (TPSA) is 61.9 Å².